The molecule has 0 radical (unpaired) electrons. The van der Waals surface area contributed by atoms with Crippen molar-refractivity contribution in [3.05, 3.63) is 33.3 Å². The van der Waals surface area contributed by atoms with Crippen molar-refractivity contribution >= 4 is 22.8 Å². The van der Waals surface area contributed by atoms with Crippen LogP contribution in [0.3, 0.4) is 0 Å². The number of rotatable bonds is 0. The Morgan fingerprint density at radius 1 is 1.33 bits per heavy atom. The Kier molecular flexibility index (Phi) is 1.48. The van der Waals surface area contributed by atoms with Crippen LogP contribution in [0, 0.1) is 6.92 Å². The molecule has 0 bridgehead atoms. The zero-order chi connectivity index (χ0) is 8.72. The SMILES string of the molecule is Cc1cc(Cl)cc2oc(=O)oc12. The Morgan fingerprint density at radius 2 is 2.08 bits per heavy atom. The molecule has 2 aromatic rings. The molecule has 62 valence electrons. The maximum Gasteiger partial charge on any atom is 0.519 e. The molecule has 0 saturated carbocycles. The fourth-order valence-electron chi connectivity index (χ4n) is 1.10. The normalized spacial score (nSPS) is 10.8. The summed E-state index contributed by atoms with van der Waals surface area (Å²) in [4.78, 5) is 10.7. The molecule has 0 amide bonds. The van der Waals surface area contributed by atoms with E-state index in [1.165, 1.54) is 0 Å². The van der Waals surface area contributed by atoms with E-state index in [1.807, 2.05) is 0 Å². The third kappa shape index (κ3) is 1.02. The summed E-state index contributed by atoms with van der Waals surface area (Å²) in [6.07, 6.45) is 0. The minimum absolute atomic E-state index is 0.394. The van der Waals surface area contributed by atoms with Gasteiger partial charge in [0.25, 0.3) is 0 Å². The Bertz CT molecular complexity index is 480. The molecule has 0 fully saturated rings. The van der Waals surface area contributed by atoms with Crippen molar-refractivity contribution in [2.75, 3.05) is 0 Å². The van der Waals surface area contributed by atoms with Crippen LogP contribution < -0.4 is 5.82 Å². The number of hydrogen-bond acceptors (Lipinski definition) is 3. The molecular formula is C8H5ClO3. The Hall–Kier alpha value is -1.22. The van der Waals surface area contributed by atoms with Gasteiger partial charge in [0.1, 0.15) is 0 Å². The second-order valence-electron chi connectivity index (χ2n) is 2.50. The van der Waals surface area contributed by atoms with Crippen molar-refractivity contribution in [3.8, 4) is 0 Å². The molecule has 0 atom stereocenters. The monoisotopic (exact) mass is 184 g/mol. The van der Waals surface area contributed by atoms with E-state index < -0.39 is 5.82 Å². The third-order valence-electron chi connectivity index (χ3n) is 1.58. The van der Waals surface area contributed by atoms with Crippen LogP contribution in [0.25, 0.3) is 11.2 Å². The number of benzene rings is 1. The standard InChI is InChI=1S/C8H5ClO3/c1-4-2-5(9)3-6-7(4)12-8(10)11-6/h2-3H,1H3. The van der Waals surface area contributed by atoms with E-state index in [0.29, 0.717) is 16.2 Å². The smallest absolute Gasteiger partial charge is 0.391 e. The molecule has 0 N–H and O–H groups in total. The average Bonchev–Trinajstić information content (AvgIpc) is 2.29. The number of halogens is 1. The summed E-state index contributed by atoms with van der Waals surface area (Å²) in [6, 6.07) is 3.26. The van der Waals surface area contributed by atoms with Gasteiger partial charge in [0.15, 0.2) is 11.2 Å². The summed E-state index contributed by atoms with van der Waals surface area (Å²) in [6.45, 7) is 1.80. The molecule has 0 aliphatic rings. The lowest BCUT2D eigenvalue weighted by Gasteiger charge is -1.91. The second kappa shape index (κ2) is 2.38. The topological polar surface area (TPSA) is 43.4 Å². The van der Waals surface area contributed by atoms with Crippen LogP contribution in [-0.4, -0.2) is 0 Å². The predicted molar refractivity (Wildman–Crippen MR) is 44.5 cm³/mol. The molecule has 1 heterocycles. The van der Waals surface area contributed by atoms with Crippen LogP contribution in [0.4, 0.5) is 0 Å². The van der Waals surface area contributed by atoms with Gasteiger partial charge in [-0.25, -0.2) is 4.79 Å². The molecule has 1 aromatic carbocycles. The predicted octanol–water partition coefficient (Wildman–Crippen LogP) is 2.35. The molecule has 12 heavy (non-hydrogen) atoms. The van der Waals surface area contributed by atoms with Crippen LogP contribution >= 0.6 is 11.6 Å². The number of aryl methyl sites for hydroxylation is 1. The van der Waals surface area contributed by atoms with Gasteiger partial charge < -0.3 is 8.83 Å². The van der Waals surface area contributed by atoms with Gasteiger partial charge in [0.05, 0.1) is 0 Å². The van der Waals surface area contributed by atoms with E-state index >= 15 is 0 Å². The molecule has 3 nitrogen and oxygen atoms in total. The fraction of sp³-hybridized carbons (Fsp3) is 0.125. The second-order valence-corrected chi connectivity index (χ2v) is 2.94. The molecule has 0 saturated heterocycles. The van der Waals surface area contributed by atoms with Gasteiger partial charge in [-0.2, -0.15) is 0 Å². The first-order chi connectivity index (χ1) is 5.66. The van der Waals surface area contributed by atoms with Crippen molar-refractivity contribution in [3.63, 3.8) is 0 Å². The summed E-state index contributed by atoms with van der Waals surface area (Å²) in [5.74, 6) is -0.699. The fourth-order valence-corrected chi connectivity index (χ4v) is 1.36. The van der Waals surface area contributed by atoms with Gasteiger partial charge in [-0.1, -0.05) is 11.6 Å². The van der Waals surface area contributed by atoms with Gasteiger partial charge in [-0.15, -0.1) is 0 Å². The first kappa shape index (κ1) is 7.43. The van der Waals surface area contributed by atoms with E-state index in [-0.39, 0.29) is 0 Å². The first-order valence-electron chi connectivity index (χ1n) is 3.36. The highest BCUT2D eigenvalue weighted by Gasteiger charge is 2.07. The summed E-state index contributed by atoms with van der Waals surface area (Å²) < 4.78 is 9.50. The molecule has 4 heteroatoms. The zero-order valence-electron chi connectivity index (χ0n) is 6.26. The molecule has 0 aliphatic carbocycles. The van der Waals surface area contributed by atoms with Gasteiger partial charge in [0, 0.05) is 11.1 Å². The minimum atomic E-state index is -0.699. The summed E-state index contributed by atoms with van der Waals surface area (Å²) in [5, 5.41) is 0.532. The van der Waals surface area contributed by atoms with E-state index in [1.54, 1.807) is 19.1 Å². The highest BCUT2D eigenvalue weighted by molar-refractivity contribution is 6.31. The molecular weight excluding hydrogens is 180 g/mol. The highest BCUT2D eigenvalue weighted by Crippen LogP contribution is 2.22. The van der Waals surface area contributed by atoms with Crippen molar-refractivity contribution in [1.29, 1.82) is 0 Å². The van der Waals surface area contributed by atoms with E-state index in [2.05, 4.69) is 0 Å². The molecule has 0 unspecified atom stereocenters. The zero-order valence-corrected chi connectivity index (χ0v) is 7.01. The van der Waals surface area contributed by atoms with E-state index in [0.717, 1.165) is 5.56 Å². The van der Waals surface area contributed by atoms with Crippen molar-refractivity contribution in [2.24, 2.45) is 0 Å². The van der Waals surface area contributed by atoms with Crippen LogP contribution in [-0.2, 0) is 0 Å². The lowest BCUT2D eigenvalue weighted by Crippen LogP contribution is -1.84. The van der Waals surface area contributed by atoms with Crippen molar-refractivity contribution in [2.45, 2.75) is 6.92 Å². The Labute approximate surface area is 72.5 Å². The largest absolute Gasteiger partial charge is 0.519 e. The number of hydrogen-bond donors (Lipinski definition) is 0. The lowest BCUT2D eigenvalue weighted by molar-refractivity contribution is 0.409. The molecule has 0 aliphatic heterocycles. The van der Waals surface area contributed by atoms with Crippen molar-refractivity contribution in [1.82, 2.24) is 0 Å². The maximum atomic E-state index is 10.7. The highest BCUT2D eigenvalue weighted by atomic mass is 35.5. The summed E-state index contributed by atoms with van der Waals surface area (Å²) in [5.41, 5.74) is 1.65. The van der Waals surface area contributed by atoms with Gasteiger partial charge in [-0.3, -0.25) is 0 Å². The molecule has 0 spiro atoms. The summed E-state index contributed by atoms with van der Waals surface area (Å²) in [7, 11) is 0. The lowest BCUT2D eigenvalue weighted by atomic mass is 10.2. The van der Waals surface area contributed by atoms with E-state index in [4.69, 9.17) is 20.4 Å². The van der Waals surface area contributed by atoms with Gasteiger partial charge in [-0.05, 0) is 18.6 Å². The van der Waals surface area contributed by atoms with Crippen molar-refractivity contribution < 1.29 is 8.83 Å². The van der Waals surface area contributed by atoms with Crippen LogP contribution in [0.15, 0.2) is 25.8 Å². The van der Waals surface area contributed by atoms with Crippen LogP contribution in [0.1, 0.15) is 5.56 Å². The maximum absolute atomic E-state index is 10.7. The van der Waals surface area contributed by atoms with Gasteiger partial charge >= 0.3 is 5.82 Å². The minimum Gasteiger partial charge on any atom is -0.391 e. The number of fused-ring (bicyclic) bond motifs is 1. The summed E-state index contributed by atoms with van der Waals surface area (Å²) >= 11 is 5.73. The Balaban J connectivity index is 2.97. The Morgan fingerprint density at radius 3 is 2.83 bits per heavy atom. The first-order valence-corrected chi connectivity index (χ1v) is 3.74. The average molecular weight is 185 g/mol. The molecule has 1 aromatic heterocycles. The third-order valence-corrected chi connectivity index (χ3v) is 1.80. The van der Waals surface area contributed by atoms with Crippen LogP contribution in [0.2, 0.25) is 5.02 Å². The van der Waals surface area contributed by atoms with E-state index in [9.17, 15) is 4.79 Å². The quantitative estimate of drug-likeness (QED) is 0.631. The van der Waals surface area contributed by atoms with Crippen LogP contribution in [0.5, 0.6) is 0 Å². The van der Waals surface area contributed by atoms with Gasteiger partial charge in [0.2, 0.25) is 0 Å². The molecule has 2 rings (SSSR count).